The van der Waals surface area contributed by atoms with E-state index in [9.17, 15) is 9.59 Å². The number of hydrogen-bond acceptors (Lipinski definition) is 3. The quantitative estimate of drug-likeness (QED) is 0.840. The maximum absolute atomic E-state index is 12.1. The second-order valence-electron chi connectivity index (χ2n) is 5.26. The van der Waals surface area contributed by atoms with Crippen molar-refractivity contribution < 1.29 is 19.4 Å². The Morgan fingerprint density at radius 1 is 1.38 bits per heavy atom. The van der Waals surface area contributed by atoms with Crippen LogP contribution in [0, 0.1) is 12.8 Å². The number of benzene rings is 1. The Morgan fingerprint density at radius 2 is 2.05 bits per heavy atom. The summed E-state index contributed by atoms with van der Waals surface area (Å²) in [5.74, 6) is -0.634. The van der Waals surface area contributed by atoms with E-state index in [1.54, 1.807) is 18.2 Å². The van der Waals surface area contributed by atoms with Crippen molar-refractivity contribution in [1.82, 2.24) is 4.90 Å². The van der Waals surface area contributed by atoms with Crippen molar-refractivity contribution in [2.75, 3.05) is 19.7 Å². The normalized spacial score (nSPS) is 10.5. The molecule has 0 bridgehead atoms. The first-order valence-corrected chi connectivity index (χ1v) is 7.06. The molecule has 6 heteroatoms. The molecule has 0 aromatic heterocycles. The highest BCUT2D eigenvalue weighted by molar-refractivity contribution is 6.30. The third-order valence-electron chi connectivity index (χ3n) is 2.75. The highest BCUT2D eigenvalue weighted by Gasteiger charge is 2.18. The van der Waals surface area contributed by atoms with Gasteiger partial charge in [-0.15, -0.1) is 0 Å². The van der Waals surface area contributed by atoms with Crippen LogP contribution in [0.4, 0.5) is 0 Å². The van der Waals surface area contributed by atoms with Crippen LogP contribution >= 0.6 is 11.6 Å². The van der Waals surface area contributed by atoms with Crippen molar-refractivity contribution in [1.29, 1.82) is 0 Å². The molecule has 0 fully saturated rings. The van der Waals surface area contributed by atoms with Crippen LogP contribution in [-0.2, 0) is 9.59 Å². The number of carboxylic acids is 1. The summed E-state index contributed by atoms with van der Waals surface area (Å²) in [4.78, 5) is 24.2. The largest absolute Gasteiger partial charge is 0.483 e. The summed E-state index contributed by atoms with van der Waals surface area (Å²) in [5.41, 5.74) is 0.823. The number of hydrogen-bond donors (Lipinski definition) is 1. The SMILES string of the molecule is Cc1cc(Cl)ccc1OCC(=O)N(CC(=O)O)CC(C)C. The standard InChI is InChI=1S/C15H20ClNO4/c1-10(2)7-17(8-15(19)20)14(18)9-21-13-5-4-12(16)6-11(13)3/h4-6,10H,7-9H2,1-3H3,(H,19,20). The van der Waals surface area contributed by atoms with Gasteiger partial charge in [0.15, 0.2) is 6.61 Å². The van der Waals surface area contributed by atoms with Crippen LogP contribution in [0.3, 0.4) is 0 Å². The van der Waals surface area contributed by atoms with Crippen molar-refractivity contribution >= 4 is 23.5 Å². The van der Waals surface area contributed by atoms with Gasteiger partial charge >= 0.3 is 5.97 Å². The first-order valence-electron chi connectivity index (χ1n) is 6.68. The smallest absolute Gasteiger partial charge is 0.323 e. The molecule has 0 unspecified atom stereocenters. The fourth-order valence-electron chi connectivity index (χ4n) is 1.86. The van der Waals surface area contributed by atoms with E-state index in [2.05, 4.69) is 0 Å². The Balaban J connectivity index is 2.66. The lowest BCUT2D eigenvalue weighted by atomic mass is 10.2. The van der Waals surface area contributed by atoms with Gasteiger partial charge in [0.2, 0.25) is 0 Å². The summed E-state index contributed by atoms with van der Waals surface area (Å²) in [5, 5.41) is 9.45. The summed E-state index contributed by atoms with van der Waals surface area (Å²) in [7, 11) is 0. The fourth-order valence-corrected chi connectivity index (χ4v) is 2.09. The van der Waals surface area contributed by atoms with Gasteiger partial charge in [0.05, 0.1) is 0 Å². The Morgan fingerprint density at radius 3 is 2.57 bits per heavy atom. The van der Waals surface area contributed by atoms with Crippen molar-refractivity contribution in [2.45, 2.75) is 20.8 Å². The second kappa shape index (κ2) is 7.88. The van der Waals surface area contributed by atoms with Gasteiger partial charge in [-0.1, -0.05) is 25.4 Å². The van der Waals surface area contributed by atoms with Crippen LogP contribution in [-0.4, -0.2) is 41.6 Å². The maximum Gasteiger partial charge on any atom is 0.323 e. The summed E-state index contributed by atoms with van der Waals surface area (Å²) < 4.78 is 5.45. The van der Waals surface area contributed by atoms with Gasteiger partial charge in [0, 0.05) is 11.6 Å². The van der Waals surface area contributed by atoms with Gasteiger partial charge in [0.25, 0.3) is 5.91 Å². The zero-order valence-electron chi connectivity index (χ0n) is 12.4. The van der Waals surface area contributed by atoms with E-state index in [0.29, 0.717) is 17.3 Å². The van der Waals surface area contributed by atoms with Gasteiger partial charge in [-0.05, 0) is 36.6 Å². The molecule has 5 nitrogen and oxygen atoms in total. The first-order chi connectivity index (χ1) is 9.79. The molecule has 1 N–H and O–H groups in total. The van der Waals surface area contributed by atoms with E-state index in [1.807, 2.05) is 20.8 Å². The Labute approximate surface area is 129 Å². The van der Waals surface area contributed by atoms with Crippen LogP contribution in [0.1, 0.15) is 19.4 Å². The summed E-state index contributed by atoms with van der Waals surface area (Å²) in [6.07, 6.45) is 0. The Hall–Kier alpha value is -1.75. The number of rotatable bonds is 7. The van der Waals surface area contributed by atoms with E-state index in [1.165, 1.54) is 4.90 Å². The summed E-state index contributed by atoms with van der Waals surface area (Å²) in [6, 6.07) is 5.11. The minimum atomic E-state index is -1.04. The van der Waals surface area contributed by atoms with E-state index in [-0.39, 0.29) is 25.0 Å². The van der Waals surface area contributed by atoms with E-state index in [4.69, 9.17) is 21.4 Å². The van der Waals surface area contributed by atoms with Crippen LogP contribution in [0.15, 0.2) is 18.2 Å². The molecule has 0 saturated carbocycles. The van der Waals surface area contributed by atoms with Crippen molar-refractivity contribution in [3.05, 3.63) is 28.8 Å². The third-order valence-corrected chi connectivity index (χ3v) is 2.99. The van der Waals surface area contributed by atoms with Crippen molar-refractivity contribution in [3.8, 4) is 5.75 Å². The molecular weight excluding hydrogens is 294 g/mol. The molecule has 0 spiro atoms. The molecule has 1 aromatic carbocycles. The molecule has 21 heavy (non-hydrogen) atoms. The van der Waals surface area contributed by atoms with Gasteiger partial charge in [0.1, 0.15) is 12.3 Å². The van der Waals surface area contributed by atoms with E-state index in [0.717, 1.165) is 5.56 Å². The lowest BCUT2D eigenvalue weighted by Gasteiger charge is -2.23. The molecule has 116 valence electrons. The molecule has 0 saturated heterocycles. The number of nitrogens with zero attached hydrogens (tertiary/aromatic N) is 1. The minimum Gasteiger partial charge on any atom is -0.483 e. The monoisotopic (exact) mass is 313 g/mol. The number of aryl methyl sites for hydroxylation is 1. The van der Waals surface area contributed by atoms with E-state index < -0.39 is 5.97 Å². The minimum absolute atomic E-state index is 0.186. The van der Waals surface area contributed by atoms with Crippen LogP contribution in [0.25, 0.3) is 0 Å². The number of aliphatic carboxylic acids is 1. The zero-order chi connectivity index (χ0) is 16.0. The number of amides is 1. The molecular formula is C15H20ClNO4. The predicted molar refractivity (Wildman–Crippen MR) is 80.7 cm³/mol. The number of carboxylic acid groups (broad SMARTS) is 1. The maximum atomic E-state index is 12.1. The number of ether oxygens (including phenoxy) is 1. The second-order valence-corrected chi connectivity index (χ2v) is 5.70. The number of halogens is 1. The lowest BCUT2D eigenvalue weighted by Crippen LogP contribution is -2.40. The average Bonchev–Trinajstić information content (AvgIpc) is 2.35. The molecule has 0 atom stereocenters. The highest BCUT2D eigenvalue weighted by atomic mass is 35.5. The summed E-state index contributed by atoms with van der Waals surface area (Å²) >= 11 is 5.85. The Kier molecular flexibility index (Phi) is 6.49. The fraction of sp³-hybridized carbons (Fsp3) is 0.467. The van der Waals surface area contributed by atoms with Crippen molar-refractivity contribution in [3.63, 3.8) is 0 Å². The molecule has 0 radical (unpaired) electrons. The third kappa shape index (κ3) is 6.04. The molecule has 0 aliphatic rings. The van der Waals surface area contributed by atoms with Crippen molar-refractivity contribution in [2.24, 2.45) is 5.92 Å². The molecule has 1 rings (SSSR count). The predicted octanol–water partition coefficient (Wildman–Crippen LogP) is 2.60. The first kappa shape index (κ1) is 17.3. The zero-order valence-corrected chi connectivity index (χ0v) is 13.2. The summed E-state index contributed by atoms with van der Waals surface area (Å²) in [6.45, 7) is 5.55. The van der Waals surface area contributed by atoms with Crippen LogP contribution < -0.4 is 4.74 Å². The van der Waals surface area contributed by atoms with Gasteiger partial charge in [-0.2, -0.15) is 0 Å². The van der Waals surface area contributed by atoms with Gasteiger partial charge < -0.3 is 14.7 Å². The lowest BCUT2D eigenvalue weighted by molar-refractivity contribution is -0.145. The van der Waals surface area contributed by atoms with Gasteiger partial charge in [-0.3, -0.25) is 9.59 Å². The molecule has 0 heterocycles. The average molecular weight is 314 g/mol. The van der Waals surface area contributed by atoms with Crippen LogP contribution in [0.2, 0.25) is 5.02 Å². The van der Waals surface area contributed by atoms with Gasteiger partial charge in [-0.25, -0.2) is 0 Å². The molecule has 0 aliphatic carbocycles. The van der Waals surface area contributed by atoms with E-state index >= 15 is 0 Å². The topological polar surface area (TPSA) is 66.8 Å². The molecule has 1 amide bonds. The molecule has 1 aromatic rings. The van der Waals surface area contributed by atoms with Crippen LogP contribution in [0.5, 0.6) is 5.75 Å². The highest BCUT2D eigenvalue weighted by Crippen LogP contribution is 2.21. The Bertz CT molecular complexity index is 516. The number of carbonyl (C=O) groups excluding carboxylic acids is 1. The molecule has 0 aliphatic heterocycles. The number of carbonyl (C=O) groups is 2.